The van der Waals surface area contributed by atoms with Crippen LogP contribution in [0.5, 0.6) is 5.75 Å². The highest BCUT2D eigenvalue weighted by atomic mass is 16.5. The van der Waals surface area contributed by atoms with Crippen molar-refractivity contribution in [3.8, 4) is 5.75 Å². The normalized spacial score (nSPS) is 33.3. The van der Waals surface area contributed by atoms with Gasteiger partial charge in [0.2, 0.25) is 0 Å². The molecule has 3 nitrogen and oxygen atoms in total. The molecule has 2 saturated carbocycles. The van der Waals surface area contributed by atoms with Gasteiger partial charge >= 0.3 is 0 Å². The third-order valence-electron chi connectivity index (χ3n) is 5.17. The quantitative estimate of drug-likeness (QED) is 0.886. The van der Waals surface area contributed by atoms with Gasteiger partial charge in [0.15, 0.2) is 0 Å². The minimum absolute atomic E-state index is 0.151. The van der Waals surface area contributed by atoms with E-state index in [0.717, 1.165) is 30.7 Å². The number of anilines is 1. The summed E-state index contributed by atoms with van der Waals surface area (Å²) in [6.45, 7) is 0. The Balaban J connectivity index is 1.81. The molecule has 0 radical (unpaired) electrons. The average molecular weight is 275 g/mol. The van der Waals surface area contributed by atoms with E-state index in [1.54, 1.807) is 7.11 Å². The molecule has 0 aliphatic heterocycles. The Morgan fingerprint density at radius 3 is 2.80 bits per heavy atom. The van der Waals surface area contributed by atoms with E-state index < -0.39 is 5.60 Å². The molecule has 20 heavy (non-hydrogen) atoms. The lowest BCUT2D eigenvalue weighted by molar-refractivity contribution is -0.0835. The Kier molecular flexibility index (Phi) is 3.88. The molecule has 0 spiro atoms. The lowest BCUT2D eigenvalue weighted by Gasteiger charge is -2.49. The minimum Gasteiger partial charge on any atom is -0.495 e. The molecule has 0 heterocycles. The fraction of sp³-hybridized carbons (Fsp3) is 0.647. The highest BCUT2D eigenvalue weighted by Crippen LogP contribution is 2.45. The molecule has 0 bridgehead atoms. The van der Waals surface area contributed by atoms with Crippen LogP contribution < -0.4 is 10.1 Å². The van der Waals surface area contributed by atoms with Crippen LogP contribution in [-0.4, -0.2) is 23.9 Å². The van der Waals surface area contributed by atoms with Crippen molar-refractivity contribution in [3.63, 3.8) is 0 Å². The summed E-state index contributed by atoms with van der Waals surface area (Å²) < 4.78 is 5.41. The van der Waals surface area contributed by atoms with Gasteiger partial charge in [-0.2, -0.15) is 0 Å². The molecule has 2 fully saturated rings. The Bertz CT molecular complexity index is 460. The maximum Gasteiger partial charge on any atom is 0.141 e. The number of aliphatic hydroxyl groups is 1. The summed E-state index contributed by atoms with van der Waals surface area (Å²) in [6, 6.07) is 8.14. The van der Waals surface area contributed by atoms with Gasteiger partial charge < -0.3 is 15.2 Å². The monoisotopic (exact) mass is 275 g/mol. The zero-order valence-electron chi connectivity index (χ0n) is 12.3. The second-order valence-electron chi connectivity index (χ2n) is 6.26. The van der Waals surface area contributed by atoms with E-state index in [1.807, 2.05) is 24.3 Å². The first-order chi connectivity index (χ1) is 9.74. The van der Waals surface area contributed by atoms with Gasteiger partial charge in [0.05, 0.1) is 24.4 Å². The third-order valence-corrected chi connectivity index (χ3v) is 5.17. The van der Waals surface area contributed by atoms with E-state index in [9.17, 15) is 5.11 Å². The summed E-state index contributed by atoms with van der Waals surface area (Å²) in [4.78, 5) is 0. The van der Waals surface area contributed by atoms with Gasteiger partial charge in [0.1, 0.15) is 5.75 Å². The first-order valence-corrected chi connectivity index (χ1v) is 7.86. The van der Waals surface area contributed by atoms with E-state index in [0.29, 0.717) is 5.92 Å². The first kappa shape index (κ1) is 13.7. The summed E-state index contributed by atoms with van der Waals surface area (Å²) in [6.07, 6.45) is 7.97. The van der Waals surface area contributed by atoms with Crippen LogP contribution in [0.3, 0.4) is 0 Å². The number of benzene rings is 1. The molecule has 2 N–H and O–H groups in total. The molecule has 0 saturated heterocycles. The molecule has 1 aromatic rings. The first-order valence-electron chi connectivity index (χ1n) is 7.86. The van der Waals surface area contributed by atoms with Crippen LogP contribution in [0.1, 0.15) is 44.9 Å². The molecule has 3 unspecified atom stereocenters. The molecule has 0 aromatic heterocycles. The van der Waals surface area contributed by atoms with Crippen molar-refractivity contribution in [3.05, 3.63) is 24.3 Å². The highest BCUT2D eigenvalue weighted by Gasteiger charge is 2.47. The third kappa shape index (κ3) is 2.39. The van der Waals surface area contributed by atoms with Crippen molar-refractivity contribution >= 4 is 5.69 Å². The maximum atomic E-state index is 11.2. The fourth-order valence-electron chi connectivity index (χ4n) is 4.07. The fourth-order valence-corrected chi connectivity index (χ4v) is 4.07. The van der Waals surface area contributed by atoms with Gasteiger partial charge in [0.25, 0.3) is 0 Å². The lowest BCUT2D eigenvalue weighted by atomic mass is 9.65. The van der Waals surface area contributed by atoms with E-state index in [1.165, 1.54) is 25.7 Å². The SMILES string of the molecule is COc1ccccc1NC1CCCC2CCCCC21O. The van der Waals surface area contributed by atoms with Crippen LogP contribution in [0.15, 0.2) is 24.3 Å². The number of nitrogens with one attached hydrogen (secondary N) is 1. The van der Waals surface area contributed by atoms with Crippen molar-refractivity contribution in [2.45, 2.75) is 56.6 Å². The number of rotatable bonds is 3. The van der Waals surface area contributed by atoms with Crippen LogP contribution in [0.2, 0.25) is 0 Å². The maximum absolute atomic E-state index is 11.2. The van der Waals surface area contributed by atoms with Crippen LogP contribution in [0.25, 0.3) is 0 Å². The topological polar surface area (TPSA) is 41.5 Å². The Morgan fingerprint density at radius 1 is 1.15 bits per heavy atom. The summed E-state index contributed by atoms with van der Waals surface area (Å²) in [7, 11) is 1.69. The Morgan fingerprint density at radius 2 is 1.95 bits per heavy atom. The molecule has 3 atom stereocenters. The van der Waals surface area contributed by atoms with Gasteiger partial charge in [-0.15, -0.1) is 0 Å². The number of ether oxygens (including phenoxy) is 1. The van der Waals surface area contributed by atoms with Gasteiger partial charge in [-0.25, -0.2) is 0 Å². The van der Waals surface area contributed by atoms with E-state index in [4.69, 9.17) is 4.74 Å². The van der Waals surface area contributed by atoms with Crippen LogP contribution >= 0.6 is 0 Å². The summed E-state index contributed by atoms with van der Waals surface area (Å²) in [5.74, 6) is 1.33. The van der Waals surface area contributed by atoms with Gasteiger partial charge in [0, 0.05) is 0 Å². The van der Waals surface area contributed by atoms with Gasteiger partial charge in [-0.3, -0.25) is 0 Å². The summed E-state index contributed by atoms with van der Waals surface area (Å²) in [5, 5.41) is 14.7. The van der Waals surface area contributed by atoms with Crippen LogP contribution in [-0.2, 0) is 0 Å². The van der Waals surface area contributed by atoms with Crippen molar-refractivity contribution < 1.29 is 9.84 Å². The number of hydrogen-bond donors (Lipinski definition) is 2. The standard InChI is InChI=1S/C17H25NO2/c1-20-15-10-3-2-9-14(15)18-16-11-6-8-13-7-4-5-12-17(13,16)19/h2-3,9-10,13,16,18-19H,4-8,11-12H2,1H3. The van der Waals surface area contributed by atoms with Gasteiger partial charge in [-0.05, 0) is 43.7 Å². The van der Waals surface area contributed by atoms with Crippen molar-refractivity contribution in [2.24, 2.45) is 5.92 Å². The van der Waals surface area contributed by atoms with E-state index in [2.05, 4.69) is 5.32 Å². The Labute approximate surface area is 121 Å². The van der Waals surface area contributed by atoms with Crippen LogP contribution in [0.4, 0.5) is 5.69 Å². The van der Waals surface area contributed by atoms with Crippen LogP contribution in [0, 0.1) is 5.92 Å². The van der Waals surface area contributed by atoms with Crippen molar-refractivity contribution in [1.29, 1.82) is 0 Å². The zero-order valence-corrected chi connectivity index (χ0v) is 12.3. The summed E-state index contributed by atoms with van der Waals surface area (Å²) in [5.41, 5.74) is 0.469. The Hall–Kier alpha value is -1.22. The minimum atomic E-state index is -0.530. The van der Waals surface area contributed by atoms with Crippen molar-refractivity contribution in [2.75, 3.05) is 12.4 Å². The second kappa shape index (κ2) is 5.65. The molecule has 0 amide bonds. The van der Waals surface area contributed by atoms with E-state index >= 15 is 0 Å². The molecule has 110 valence electrons. The molecule has 3 heteroatoms. The smallest absolute Gasteiger partial charge is 0.141 e. The molecule has 1 aromatic carbocycles. The van der Waals surface area contributed by atoms with Gasteiger partial charge in [-0.1, -0.05) is 31.4 Å². The van der Waals surface area contributed by atoms with E-state index in [-0.39, 0.29) is 6.04 Å². The number of methoxy groups -OCH3 is 1. The predicted molar refractivity (Wildman–Crippen MR) is 81.2 cm³/mol. The molecular weight excluding hydrogens is 250 g/mol. The number of hydrogen-bond acceptors (Lipinski definition) is 3. The molecule has 3 rings (SSSR count). The van der Waals surface area contributed by atoms with Crippen molar-refractivity contribution in [1.82, 2.24) is 0 Å². The number of para-hydroxylation sites is 2. The number of fused-ring (bicyclic) bond motifs is 1. The summed E-state index contributed by atoms with van der Waals surface area (Å²) >= 11 is 0. The largest absolute Gasteiger partial charge is 0.495 e. The average Bonchev–Trinajstić information content (AvgIpc) is 2.48. The highest BCUT2D eigenvalue weighted by molar-refractivity contribution is 5.57. The predicted octanol–water partition coefficient (Wildman–Crippen LogP) is 3.58. The second-order valence-corrected chi connectivity index (χ2v) is 6.26. The molecule has 2 aliphatic carbocycles. The molecular formula is C17H25NO2. The zero-order chi connectivity index (χ0) is 14.0. The lowest BCUT2D eigenvalue weighted by Crippen LogP contribution is -2.56. The molecule has 2 aliphatic rings.